The number of hydrogen-bond acceptors (Lipinski definition) is 8. The van der Waals surface area contributed by atoms with Gasteiger partial charge in [-0.1, -0.05) is 18.2 Å². The van der Waals surface area contributed by atoms with Gasteiger partial charge in [-0.15, -0.1) is 11.8 Å². The summed E-state index contributed by atoms with van der Waals surface area (Å²) in [5.74, 6) is -0.445. The number of carbonyl (C=O) groups is 2. The van der Waals surface area contributed by atoms with Gasteiger partial charge in [-0.3, -0.25) is 25.2 Å². The van der Waals surface area contributed by atoms with Crippen LogP contribution in [0.3, 0.4) is 0 Å². The van der Waals surface area contributed by atoms with Gasteiger partial charge in [0.1, 0.15) is 10.9 Å². The predicted molar refractivity (Wildman–Crippen MR) is 107 cm³/mol. The third-order valence-corrected chi connectivity index (χ3v) is 8.32. The van der Waals surface area contributed by atoms with Gasteiger partial charge >= 0.3 is 0 Å². The van der Waals surface area contributed by atoms with Crippen molar-refractivity contribution in [3.8, 4) is 0 Å². The van der Waals surface area contributed by atoms with E-state index in [1.807, 2.05) is 30.3 Å². The molecule has 9 nitrogen and oxygen atoms in total. The quantitative estimate of drug-likeness (QED) is 0.491. The highest BCUT2D eigenvalue weighted by Gasteiger charge is 2.45. The molecule has 4 rings (SSSR count). The highest BCUT2D eigenvalue weighted by atomic mass is 32.2. The van der Waals surface area contributed by atoms with Gasteiger partial charge in [0.05, 0.1) is 23.6 Å². The molecule has 4 N–H and O–H groups in total. The summed E-state index contributed by atoms with van der Waals surface area (Å²) in [4.78, 5) is 27.0. The van der Waals surface area contributed by atoms with E-state index in [1.165, 1.54) is 11.8 Å². The van der Waals surface area contributed by atoms with Crippen LogP contribution in [0.1, 0.15) is 12.8 Å². The second-order valence-corrected chi connectivity index (χ2v) is 10.4. The van der Waals surface area contributed by atoms with E-state index in [4.69, 9.17) is 0 Å². The van der Waals surface area contributed by atoms with Gasteiger partial charge in [0.2, 0.25) is 11.8 Å². The lowest BCUT2D eigenvalue weighted by atomic mass is 10.0. The van der Waals surface area contributed by atoms with E-state index < -0.39 is 20.7 Å². The van der Waals surface area contributed by atoms with Crippen molar-refractivity contribution in [2.45, 2.75) is 29.9 Å². The van der Waals surface area contributed by atoms with Crippen LogP contribution >= 0.6 is 11.8 Å². The zero-order chi connectivity index (χ0) is 19.7. The van der Waals surface area contributed by atoms with E-state index in [9.17, 15) is 18.0 Å². The highest BCUT2D eigenvalue weighted by molar-refractivity contribution is 8.00. The number of thioether (sulfide) groups is 1. The normalized spacial score (nSPS) is 31.6. The second kappa shape index (κ2) is 7.99. The summed E-state index contributed by atoms with van der Waals surface area (Å²) in [7, 11) is -3.24. The van der Waals surface area contributed by atoms with Crippen LogP contribution in [0.4, 0.5) is 5.69 Å². The summed E-state index contributed by atoms with van der Waals surface area (Å²) in [5, 5.41) is 5.18. The lowest BCUT2D eigenvalue weighted by Gasteiger charge is -2.41. The summed E-state index contributed by atoms with van der Waals surface area (Å²) in [6.45, 7) is 0.525. The van der Waals surface area contributed by atoms with Crippen LogP contribution in [0.2, 0.25) is 0 Å². The standard InChI is InChI=1S/C17H23N5O4S2/c23-13(19-14-7-4-8-28(14,25)26)10-27-17-20-15-12(9-18-21-15)16(24)22(17)11-5-2-1-3-6-11/h1-3,5-6,12,14-15,17-18,20-21H,4,7-10H2,(H,19,23). The molecule has 0 radical (unpaired) electrons. The van der Waals surface area contributed by atoms with Crippen LogP contribution in [0.15, 0.2) is 30.3 Å². The van der Waals surface area contributed by atoms with E-state index in [1.54, 1.807) is 4.90 Å². The zero-order valence-corrected chi connectivity index (χ0v) is 16.8. The number of nitrogens with one attached hydrogen (secondary N) is 4. The summed E-state index contributed by atoms with van der Waals surface area (Å²) in [6.07, 6.45) is 0.806. The molecule has 1 aromatic rings. The van der Waals surface area contributed by atoms with Crippen LogP contribution in [0.25, 0.3) is 0 Å². The maximum absolute atomic E-state index is 13.0. The number of hydrazine groups is 1. The first-order chi connectivity index (χ1) is 13.5. The Bertz CT molecular complexity index is 850. The van der Waals surface area contributed by atoms with Gasteiger partial charge in [-0.2, -0.15) is 0 Å². The number of nitrogens with zero attached hydrogens (tertiary/aromatic N) is 1. The molecule has 0 spiro atoms. The third kappa shape index (κ3) is 3.90. The van der Waals surface area contributed by atoms with Crippen molar-refractivity contribution in [3.63, 3.8) is 0 Å². The van der Waals surface area contributed by atoms with Crippen molar-refractivity contribution in [2.75, 3.05) is 23.0 Å². The molecule has 0 bridgehead atoms. The minimum Gasteiger partial charge on any atom is -0.339 e. The predicted octanol–water partition coefficient (Wildman–Crippen LogP) is -0.659. The average molecular weight is 426 g/mol. The van der Waals surface area contributed by atoms with Crippen LogP contribution in [-0.4, -0.2) is 55.3 Å². The molecule has 152 valence electrons. The van der Waals surface area contributed by atoms with Gasteiger partial charge in [0.25, 0.3) is 0 Å². The van der Waals surface area contributed by atoms with Gasteiger partial charge in [-0.25, -0.2) is 13.8 Å². The topological polar surface area (TPSA) is 120 Å². The molecule has 0 saturated carbocycles. The van der Waals surface area contributed by atoms with Crippen molar-refractivity contribution in [3.05, 3.63) is 30.3 Å². The maximum Gasteiger partial charge on any atom is 0.236 e. The smallest absolute Gasteiger partial charge is 0.236 e. The number of carbonyl (C=O) groups excluding carboxylic acids is 2. The van der Waals surface area contributed by atoms with Crippen LogP contribution in [0, 0.1) is 5.92 Å². The number of anilines is 1. The fourth-order valence-electron chi connectivity index (χ4n) is 3.71. The molecule has 28 heavy (non-hydrogen) atoms. The van der Waals surface area contributed by atoms with E-state index in [0.29, 0.717) is 19.4 Å². The van der Waals surface area contributed by atoms with Gasteiger partial charge < -0.3 is 5.32 Å². The van der Waals surface area contributed by atoms with Crippen LogP contribution < -0.4 is 26.4 Å². The highest BCUT2D eigenvalue weighted by Crippen LogP contribution is 2.30. The fraction of sp³-hybridized carbons (Fsp3) is 0.529. The largest absolute Gasteiger partial charge is 0.339 e. The van der Waals surface area contributed by atoms with Crippen molar-refractivity contribution in [2.24, 2.45) is 5.92 Å². The van der Waals surface area contributed by atoms with Gasteiger partial charge in [-0.05, 0) is 25.0 Å². The molecular formula is C17H23N5O4S2. The first-order valence-electron chi connectivity index (χ1n) is 9.21. The van der Waals surface area contributed by atoms with Crippen LogP contribution in [0.5, 0.6) is 0 Å². The molecule has 3 aliphatic heterocycles. The molecule has 1 aromatic carbocycles. The zero-order valence-electron chi connectivity index (χ0n) is 15.1. The Labute approximate surface area is 167 Å². The molecule has 4 unspecified atom stereocenters. The Hall–Kier alpha value is -1.66. The van der Waals surface area contributed by atoms with E-state index in [0.717, 1.165) is 5.69 Å². The fourth-order valence-corrected chi connectivity index (χ4v) is 6.41. The minimum atomic E-state index is -3.24. The Morgan fingerprint density at radius 3 is 2.79 bits per heavy atom. The molecule has 3 aliphatic rings. The molecule has 2 amide bonds. The lowest BCUT2D eigenvalue weighted by molar-refractivity contribution is -0.124. The summed E-state index contributed by atoms with van der Waals surface area (Å²) in [6, 6.07) is 9.31. The monoisotopic (exact) mass is 425 g/mol. The molecule has 3 heterocycles. The number of amides is 2. The Balaban J connectivity index is 1.45. The van der Waals surface area contributed by atoms with Crippen molar-refractivity contribution in [1.82, 2.24) is 21.5 Å². The SMILES string of the molecule is O=C(CSC1NC2NNCC2C(=O)N1c1ccccc1)NC1CCCS1(=O)=O. The number of fused-ring (bicyclic) bond motifs is 1. The molecule has 0 aromatic heterocycles. The Morgan fingerprint density at radius 2 is 2.07 bits per heavy atom. The second-order valence-electron chi connectivity index (χ2n) is 7.05. The molecule has 4 atom stereocenters. The summed E-state index contributed by atoms with van der Waals surface area (Å²) in [5.41, 5.74) is 6.34. The first-order valence-corrected chi connectivity index (χ1v) is 12.0. The van der Waals surface area contributed by atoms with Crippen molar-refractivity contribution >= 4 is 39.1 Å². The number of hydrogen-bond donors (Lipinski definition) is 4. The van der Waals surface area contributed by atoms with E-state index in [2.05, 4.69) is 21.5 Å². The lowest BCUT2D eigenvalue weighted by Crippen LogP contribution is -2.64. The Kier molecular flexibility index (Phi) is 5.61. The summed E-state index contributed by atoms with van der Waals surface area (Å²) < 4.78 is 23.8. The molecule has 3 fully saturated rings. The van der Waals surface area contributed by atoms with Crippen molar-refractivity contribution < 1.29 is 18.0 Å². The van der Waals surface area contributed by atoms with E-state index >= 15 is 0 Å². The average Bonchev–Trinajstić information content (AvgIpc) is 3.27. The third-order valence-electron chi connectivity index (χ3n) is 5.15. The number of para-hydroxylation sites is 1. The maximum atomic E-state index is 13.0. The van der Waals surface area contributed by atoms with Crippen molar-refractivity contribution in [1.29, 1.82) is 0 Å². The molecular weight excluding hydrogens is 402 g/mol. The number of benzene rings is 1. The molecule has 3 saturated heterocycles. The van der Waals surface area contributed by atoms with Gasteiger partial charge in [0, 0.05) is 12.2 Å². The van der Waals surface area contributed by atoms with E-state index in [-0.39, 0.29) is 35.4 Å². The minimum absolute atomic E-state index is 0.0243. The molecule has 0 aliphatic carbocycles. The Morgan fingerprint density at radius 1 is 1.29 bits per heavy atom. The molecule has 11 heteroatoms. The van der Waals surface area contributed by atoms with Crippen LogP contribution in [-0.2, 0) is 19.4 Å². The number of rotatable bonds is 5. The first kappa shape index (κ1) is 19.6. The van der Waals surface area contributed by atoms with Gasteiger partial charge in [0.15, 0.2) is 9.84 Å². The summed E-state index contributed by atoms with van der Waals surface area (Å²) >= 11 is 1.26. The number of sulfone groups is 1.